The van der Waals surface area contributed by atoms with Crippen LogP contribution in [-0.2, 0) is 11.3 Å². The number of amides is 1. The van der Waals surface area contributed by atoms with E-state index in [-0.39, 0.29) is 11.2 Å². The van der Waals surface area contributed by atoms with Crippen molar-refractivity contribution in [2.75, 3.05) is 5.32 Å². The first kappa shape index (κ1) is 18.1. The lowest BCUT2D eigenvalue weighted by atomic mass is 10.2. The smallest absolute Gasteiger partial charge is 0.237 e. The molecule has 2 heterocycles. The van der Waals surface area contributed by atoms with Gasteiger partial charge in [-0.05, 0) is 50.6 Å². The van der Waals surface area contributed by atoms with Gasteiger partial charge in [-0.3, -0.25) is 9.78 Å². The monoisotopic (exact) mass is 367 g/mol. The molecule has 0 aliphatic rings. The molecule has 26 heavy (non-hydrogen) atoms. The maximum atomic E-state index is 12.5. The van der Waals surface area contributed by atoms with E-state index in [1.807, 2.05) is 61.7 Å². The van der Waals surface area contributed by atoms with Gasteiger partial charge in [0, 0.05) is 30.2 Å². The first-order chi connectivity index (χ1) is 12.6. The Morgan fingerprint density at radius 3 is 2.69 bits per heavy atom. The van der Waals surface area contributed by atoms with Crippen LogP contribution in [0.25, 0.3) is 11.4 Å². The van der Waals surface area contributed by atoms with Crippen molar-refractivity contribution >= 4 is 23.4 Å². The van der Waals surface area contributed by atoms with Crippen molar-refractivity contribution in [3.63, 3.8) is 0 Å². The van der Waals surface area contributed by atoms with E-state index in [1.54, 1.807) is 12.4 Å². The third-order valence-corrected chi connectivity index (χ3v) is 4.99. The molecule has 0 spiro atoms. The van der Waals surface area contributed by atoms with Crippen molar-refractivity contribution in [1.29, 1.82) is 0 Å². The lowest BCUT2D eigenvalue weighted by molar-refractivity contribution is -0.115. The van der Waals surface area contributed by atoms with E-state index in [0.29, 0.717) is 0 Å². The molecule has 134 valence electrons. The Morgan fingerprint density at radius 2 is 2.00 bits per heavy atom. The molecule has 0 saturated carbocycles. The van der Waals surface area contributed by atoms with Crippen LogP contribution in [0.5, 0.6) is 0 Å². The number of thioether (sulfide) groups is 1. The molecule has 1 aromatic carbocycles. The minimum Gasteiger partial charge on any atom is -0.325 e. The fourth-order valence-corrected chi connectivity index (χ4v) is 3.47. The van der Waals surface area contributed by atoms with Crippen LogP contribution in [0, 0.1) is 6.92 Å². The molecule has 0 bridgehead atoms. The molecule has 6 nitrogen and oxygen atoms in total. The number of nitrogens with zero attached hydrogens (tertiary/aromatic N) is 4. The van der Waals surface area contributed by atoms with Crippen molar-refractivity contribution < 1.29 is 4.79 Å². The largest absolute Gasteiger partial charge is 0.325 e. The molecule has 0 radical (unpaired) electrons. The Labute approximate surface area is 157 Å². The Morgan fingerprint density at radius 1 is 1.23 bits per heavy atom. The van der Waals surface area contributed by atoms with Crippen molar-refractivity contribution in [3.05, 3.63) is 54.4 Å². The first-order valence-corrected chi connectivity index (χ1v) is 9.34. The van der Waals surface area contributed by atoms with E-state index in [4.69, 9.17) is 0 Å². The predicted molar refractivity (Wildman–Crippen MR) is 104 cm³/mol. The standard InChI is InChI=1S/C19H21N5OS/c1-4-24-17(15-8-10-20-11-9-15)22-23-19(24)26-14(3)18(25)21-16-7-5-6-13(2)12-16/h5-12,14H,4H2,1-3H3,(H,21,25)/t14-/m1/s1. The zero-order chi connectivity index (χ0) is 18.5. The highest BCUT2D eigenvalue weighted by Gasteiger charge is 2.20. The summed E-state index contributed by atoms with van der Waals surface area (Å²) in [6, 6.07) is 11.6. The number of rotatable bonds is 6. The average Bonchev–Trinajstić information content (AvgIpc) is 3.05. The van der Waals surface area contributed by atoms with E-state index in [0.717, 1.165) is 34.3 Å². The van der Waals surface area contributed by atoms with Crippen LogP contribution in [0.3, 0.4) is 0 Å². The molecular weight excluding hydrogens is 346 g/mol. The highest BCUT2D eigenvalue weighted by atomic mass is 32.2. The van der Waals surface area contributed by atoms with Crippen molar-refractivity contribution in [1.82, 2.24) is 19.7 Å². The van der Waals surface area contributed by atoms with Gasteiger partial charge in [0.05, 0.1) is 5.25 Å². The number of hydrogen-bond acceptors (Lipinski definition) is 5. The van der Waals surface area contributed by atoms with Crippen LogP contribution in [-0.4, -0.2) is 30.9 Å². The number of nitrogens with one attached hydrogen (secondary N) is 1. The van der Waals surface area contributed by atoms with E-state index in [2.05, 4.69) is 20.5 Å². The van der Waals surface area contributed by atoms with Gasteiger partial charge in [-0.2, -0.15) is 0 Å². The summed E-state index contributed by atoms with van der Waals surface area (Å²) in [4.78, 5) is 16.5. The van der Waals surface area contributed by atoms with Gasteiger partial charge in [-0.1, -0.05) is 23.9 Å². The van der Waals surface area contributed by atoms with Gasteiger partial charge in [-0.15, -0.1) is 10.2 Å². The van der Waals surface area contributed by atoms with E-state index < -0.39 is 0 Å². The fourth-order valence-electron chi connectivity index (χ4n) is 2.55. The highest BCUT2D eigenvalue weighted by molar-refractivity contribution is 8.00. The molecule has 0 saturated heterocycles. The lowest BCUT2D eigenvalue weighted by Gasteiger charge is -2.13. The topological polar surface area (TPSA) is 72.7 Å². The maximum absolute atomic E-state index is 12.5. The first-order valence-electron chi connectivity index (χ1n) is 8.46. The van der Waals surface area contributed by atoms with E-state index >= 15 is 0 Å². The van der Waals surface area contributed by atoms with Gasteiger partial charge in [0.15, 0.2) is 11.0 Å². The van der Waals surface area contributed by atoms with Gasteiger partial charge in [0.1, 0.15) is 0 Å². The van der Waals surface area contributed by atoms with Crippen LogP contribution in [0.2, 0.25) is 0 Å². The molecular formula is C19H21N5OS. The molecule has 3 rings (SSSR count). The highest BCUT2D eigenvalue weighted by Crippen LogP contribution is 2.27. The van der Waals surface area contributed by atoms with Crippen LogP contribution >= 0.6 is 11.8 Å². The Kier molecular flexibility index (Phi) is 5.68. The summed E-state index contributed by atoms with van der Waals surface area (Å²) in [6.07, 6.45) is 3.46. The van der Waals surface area contributed by atoms with Crippen molar-refractivity contribution in [3.8, 4) is 11.4 Å². The number of hydrogen-bond donors (Lipinski definition) is 1. The Bertz CT molecular complexity index is 894. The zero-order valence-electron chi connectivity index (χ0n) is 15.0. The minimum absolute atomic E-state index is 0.0586. The maximum Gasteiger partial charge on any atom is 0.237 e. The van der Waals surface area contributed by atoms with E-state index in [1.165, 1.54) is 11.8 Å². The zero-order valence-corrected chi connectivity index (χ0v) is 15.8. The van der Waals surface area contributed by atoms with Crippen LogP contribution in [0.1, 0.15) is 19.4 Å². The molecule has 0 unspecified atom stereocenters. The summed E-state index contributed by atoms with van der Waals surface area (Å²) in [6.45, 7) is 6.63. The quantitative estimate of drug-likeness (QED) is 0.671. The molecule has 0 fully saturated rings. The number of carbonyl (C=O) groups is 1. The molecule has 0 aliphatic heterocycles. The number of pyridine rings is 1. The summed E-state index contributed by atoms with van der Waals surface area (Å²) >= 11 is 1.40. The Hall–Kier alpha value is -2.67. The average molecular weight is 367 g/mol. The van der Waals surface area contributed by atoms with Gasteiger partial charge >= 0.3 is 0 Å². The molecule has 2 aromatic heterocycles. The number of carbonyl (C=O) groups excluding carboxylic acids is 1. The second-order valence-corrected chi connectivity index (χ2v) is 7.21. The molecule has 1 N–H and O–H groups in total. The molecule has 1 amide bonds. The summed E-state index contributed by atoms with van der Waals surface area (Å²) in [5, 5.41) is 12.0. The van der Waals surface area contributed by atoms with E-state index in [9.17, 15) is 4.79 Å². The lowest BCUT2D eigenvalue weighted by Crippen LogP contribution is -2.23. The summed E-state index contributed by atoms with van der Waals surface area (Å²) in [5.41, 5.74) is 2.87. The minimum atomic E-state index is -0.296. The van der Waals surface area contributed by atoms with Crippen molar-refractivity contribution in [2.24, 2.45) is 0 Å². The molecule has 0 aliphatic carbocycles. The number of aryl methyl sites for hydroxylation is 1. The number of aromatic nitrogens is 4. The van der Waals surface area contributed by atoms with Gasteiger partial charge in [0.25, 0.3) is 0 Å². The predicted octanol–water partition coefficient (Wildman–Crippen LogP) is 3.79. The van der Waals surface area contributed by atoms with Crippen LogP contribution in [0.4, 0.5) is 5.69 Å². The third kappa shape index (κ3) is 4.11. The number of benzene rings is 1. The second kappa shape index (κ2) is 8.14. The third-order valence-electron chi connectivity index (χ3n) is 3.91. The van der Waals surface area contributed by atoms with Gasteiger partial charge < -0.3 is 9.88 Å². The van der Waals surface area contributed by atoms with Gasteiger partial charge in [0.2, 0.25) is 5.91 Å². The van der Waals surface area contributed by atoms with Gasteiger partial charge in [-0.25, -0.2) is 0 Å². The number of anilines is 1. The van der Waals surface area contributed by atoms with Crippen LogP contribution in [0.15, 0.2) is 53.9 Å². The van der Waals surface area contributed by atoms with Crippen LogP contribution < -0.4 is 5.32 Å². The summed E-state index contributed by atoms with van der Waals surface area (Å²) in [5.74, 6) is 0.723. The molecule has 7 heteroatoms. The fraction of sp³-hybridized carbons (Fsp3) is 0.263. The summed E-state index contributed by atoms with van der Waals surface area (Å²) in [7, 11) is 0. The summed E-state index contributed by atoms with van der Waals surface area (Å²) < 4.78 is 2.01. The SMILES string of the molecule is CCn1c(S[C@H](C)C(=O)Nc2cccc(C)c2)nnc1-c1ccncc1. The Balaban J connectivity index is 1.74. The normalized spacial score (nSPS) is 12.0. The second-order valence-electron chi connectivity index (χ2n) is 5.91. The molecule has 1 atom stereocenters. The molecule has 3 aromatic rings. The van der Waals surface area contributed by atoms with Crippen molar-refractivity contribution in [2.45, 2.75) is 37.7 Å².